The molecule has 1 aromatic carbocycles. The van der Waals surface area contributed by atoms with Crippen LogP contribution in [0.2, 0.25) is 0 Å². The maximum Gasteiger partial charge on any atom is 0.246 e. The normalized spacial score (nSPS) is 14.9. The summed E-state index contributed by atoms with van der Waals surface area (Å²) in [7, 11) is 0. The van der Waals surface area contributed by atoms with E-state index >= 15 is 0 Å². The van der Waals surface area contributed by atoms with Gasteiger partial charge in [0.25, 0.3) is 0 Å². The van der Waals surface area contributed by atoms with Gasteiger partial charge >= 0.3 is 0 Å². The van der Waals surface area contributed by atoms with Gasteiger partial charge in [-0.2, -0.15) is 4.98 Å². The Morgan fingerprint density at radius 2 is 2.04 bits per heavy atom. The molecule has 0 radical (unpaired) electrons. The minimum absolute atomic E-state index is 0.121. The SMILES string of the molecule is O=C(CCN1CCCCCC1=O)NCc1nc(Cc2ccccc2)no1. The van der Waals surface area contributed by atoms with Crippen molar-refractivity contribution in [3.8, 4) is 0 Å². The Kier molecular flexibility index (Phi) is 6.35. The molecule has 0 bridgehead atoms. The largest absolute Gasteiger partial charge is 0.347 e. The minimum Gasteiger partial charge on any atom is -0.347 e. The lowest BCUT2D eigenvalue weighted by Crippen LogP contribution is -2.34. The summed E-state index contributed by atoms with van der Waals surface area (Å²) in [5, 5.41) is 6.71. The van der Waals surface area contributed by atoms with Gasteiger partial charge in [-0.3, -0.25) is 9.59 Å². The van der Waals surface area contributed by atoms with E-state index in [4.69, 9.17) is 4.52 Å². The highest BCUT2D eigenvalue weighted by molar-refractivity contribution is 5.79. The Morgan fingerprint density at radius 1 is 1.19 bits per heavy atom. The number of likely N-dealkylation sites (tertiary alicyclic amines) is 1. The van der Waals surface area contributed by atoms with Crippen LogP contribution in [0.25, 0.3) is 0 Å². The predicted octanol–water partition coefficient (Wildman–Crippen LogP) is 2.07. The molecule has 0 spiro atoms. The van der Waals surface area contributed by atoms with Gasteiger partial charge < -0.3 is 14.7 Å². The first-order valence-corrected chi connectivity index (χ1v) is 9.10. The van der Waals surface area contributed by atoms with Crippen molar-refractivity contribution in [2.24, 2.45) is 0 Å². The lowest BCUT2D eigenvalue weighted by atomic mass is 10.1. The fraction of sp³-hybridized carbons (Fsp3) is 0.474. The number of carbonyl (C=O) groups excluding carboxylic acids is 2. The Morgan fingerprint density at radius 3 is 2.88 bits per heavy atom. The summed E-state index contributed by atoms with van der Waals surface area (Å²) in [5.41, 5.74) is 1.10. The Bertz CT molecular complexity index is 729. The molecule has 1 saturated heterocycles. The van der Waals surface area contributed by atoms with Crippen LogP contribution in [-0.2, 0) is 22.6 Å². The van der Waals surface area contributed by atoms with Crippen LogP contribution >= 0.6 is 0 Å². The molecule has 7 heteroatoms. The van der Waals surface area contributed by atoms with Gasteiger partial charge in [0.05, 0.1) is 6.54 Å². The van der Waals surface area contributed by atoms with Crippen molar-refractivity contribution in [3.63, 3.8) is 0 Å². The zero-order valence-corrected chi connectivity index (χ0v) is 14.8. The number of amides is 2. The van der Waals surface area contributed by atoms with Crippen LogP contribution in [0.4, 0.5) is 0 Å². The Balaban J connectivity index is 1.41. The predicted molar refractivity (Wildman–Crippen MR) is 95.1 cm³/mol. The highest BCUT2D eigenvalue weighted by Crippen LogP contribution is 2.11. The van der Waals surface area contributed by atoms with Crippen molar-refractivity contribution in [3.05, 3.63) is 47.6 Å². The molecule has 138 valence electrons. The first-order chi connectivity index (χ1) is 12.7. The van der Waals surface area contributed by atoms with Crippen molar-refractivity contribution in [2.45, 2.75) is 45.1 Å². The quantitative estimate of drug-likeness (QED) is 0.820. The molecule has 1 aliphatic heterocycles. The maximum atomic E-state index is 12.0. The highest BCUT2D eigenvalue weighted by Gasteiger charge is 2.17. The van der Waals surface area contributed by atoms with E-state index in [9.17, 15) is 9.59 Å². The number of benzene rings is 1. The average Bonchev–Trinajstić information content (AvgIpc) is 2.99. The first-order valence-electron chi connectivity index (χ1n) is 9.10. The molecular formula is C19H24N4O3. The summed E-state index contributed by atoms with van der Waals surface area (Å²) in [6.07, 6.45) is 4.51. The molecule has 2 aromatic rings. The van der Waals surface area contributed by atoms with E-state index in [1.165, 1.54) is 0 Å². The molecule has 26 heavy (non-hydrogen) atoms. The van der Waals surface area contributed by atoms with E-state index in [2.05, 4.69) is 15.5 Å². The standard InChI is InChI=1S/C19H24N4O3/c24-17(10-12-23-11-6-2-5-9-19(23)25)20-14-18-21-16(22-26-18)13-15-7-3-1-4-8-15/h1,3-4,7-8H,2,5-6,9-14H2,(H,20,24). The van der Waals surface area contributed by atoms with Gasteiger partial charge in [0.2, 0.25) is 17.7 Å². The van der Waals surface area contributed by atoms with Crippen LogP contribution in [0.1, 0.15) is 49.4 Å². The van der Waals surface area contributed by atoms with Gasteiger partial charge in [-0.1, -0.05) is 41.9 Å². The number of rotatable bonds is 7. The van der Waals surface area contributed by atoms with Crippen molar-refractivity contribution < 1.29 is 14.1 Å². The number of hydrogen-bond acceptors (Lipinski definition) is 5. The minimum atomic E-state index is -0.121. The summed E-state index contributed by atoms with van der Waals surface area (Å²) in [5.74, 6) is 1.01. The van der Waals surface area contributed by atoms with Gasteiger partial charge in [-0.15, -0.1) is 0 Å². The summed E-state index contributed by atoms with van der Waals surface area (Å²) in [6, 6.07) is 9.89. The van der Waals surface area contributed by atoms with Gasteiger partial charge in [0.1, 0.15) is 0 Å². The molecule has 0 atom stereocenters. The van der Waals surface area contributed by atoms with Gasteiger partial charge in [-0.05, 0) is 18.4 Å². The third-order valence-electron chi connectivity index (χ3n) is 4.43. The second kappa shape index (κ2) is 9.12. The van der Waals surface area contributed by atoms with Crippen molar-refractivity contribution in [1.29, 1.82) is 0 Å². The monoisotopic (exact) mass is 356 g/mol. The second-order valence-electron chi connectivity index (χ2n) is 6.48. The van der Waals surface area contributed by atoms with Crippen LogP contribution < -0.4 is 5.32 Å². The number of nitrogens with one attached hydrogen (secondary N) is 1. The molecule has 3 rings (SSSR count). The van der Waals surface area contributed by atoms with Crippen molar-refractivity contribution in [1.82, 2.24) is 20.4 Å². The molecule has 0 aliphatic carbocycles. The lowest BCUT2D eigenvalue weighted by Gasteiger charge is -2.19. The molecule has 1 N–H and O–H groups in total. The maximum absolute atomic E-state index is 12.0. The van der Waals surface area contributed by atoms with Crippen molar-refractivity contribution >= 4 is 11.8 Å². The smallest absolute Gasteiger partial charge is 0.246 e. The highest BCUT2D eigenvalue weighted by atomic mass is 16.5. The fourth-order valence-corrected chi connectivity index (χ4v) is 2.99. The zero-order valence-electron chi connectivity index (χ0n) is 14.8. The van der Waals surface area contributed by atoms with E-state index in [0.29, 0.717) is 31.1 Å². The van der Waals surface area contributed by atoms with Crippen LogP contribution in [0.5, 0.6) is 0 Å². The van der Waals surface area contributed by atoms with Gasteiger partial charge in [0, 0.05) is 32.4 Å². The second-order valence-corrected chi connectivity index (χ2v) is 6.48. The van der Waals surface area contributed by atoms with Crippen molar-refractivity contribution in [2.75, 3.05) is 13.1 Å². The Labute approximate surface area is 152 Å². The number of carbonyl (C=O) groups is 2. The summed E-state index contributed by atoms with van der Waals surface area (Å²) in [4.78, 5) is 30.0. The fourth-order valence-electron chi connectivity index (χ4n) is 2.99. The van der Waals surface area contributed by atoms with Crippen LogP contribution in [0, 0.1) is 0 Å². The summed E-state index contributed by atoms with van der Waals surface area (Å²) >= 11 is 0. The van der Waals surface area contributed by atoms with E-state index in [0.717, 1.165) is 31.4 Å². The topological polar surface area (TPSA) is 88.3 Å². The number of nitrogens with zero attached hydrogens (tertiary/aromatic N) is 3. The number of aromatic nitrogens is 2. The van der Waals surface area contributed by atoms with E-state index in [1.807, 2.05) is 30.3 Å². The van der Waals surface area contributed by atoms with Gasteiger partial charge in [-0.25, -0.2) is 0 Å². The molecule has 1 fully saturated rings. The zero-order chi connectivity index (χ0) is 18.2. The molecule has 2 heterocycles. The van der Waals surface area contributed by atoms with E-state index < -0.39 is 0 Å². The molecule has 1 aromatic heterocycles. The first kappa shape index (κ1) is 18.1. The average molecular weight is 356 g/mol. The molecule has 0 unspecified atom stereocenters. The van der Waals surface area contributed by atoms with Crippen LogP contribution in [0.15, 0.2) is 34.9 Å². The molecule has 7 nitrogen and oxygen atoms in total. The summed E-state index contributed by atoms with van der Waals surface area (Å²) < 4.78 is 5.17. The third kappa shape index (κ3) is 5.40. The lowest BCUT2D eigenvalue weighted by molar-refractivity contribution is -0.131. The Hall–Kier alpha value is -2.70. The molecular weight excluding hydrogens is 332 g/mol. The van der Waals surface area contributed by atoms with Gasteiger partial charge in [0.15, 0.2) is 5.82 Å². The summed E-state index contributed by atoms with van der Waals surface area (Å²) in [6.45, 7) is 1.42. The van der Waals surface area contributed by atoms with Crippen LogP contribution in [-0.4, -0.2) is 39.9 Å². The molecule has 1 aliphatic rings. The van der Waals surface area contributed by atoms with Crippen LogP contribution in [0.3, 0.4) is 0 Å². The molecule has 0 saturated carbocycles. The van der Waals surface area contributed by atoms with E-state index in [-0.39, 0.29) is 24.8 Å². The third-order valence-corrected chi connectivity index (χ3v) is 4.43. The van der Waals surface area contributed by atoms with E-state index in [1.54, 1.807) is 4.90 Å². The molecule has 2 amide bonds. The number of hydrogen-bond donors (Lipinski definition) is 1.